The van der Waals surface area contributed by atoms with E-state index < -0.39 is 25.1 Å². The van der Waals surface area contributed by atoms with Gasteiger partial charge in [-0.05, 0) is 95.1 Å². The van der Waals surface area contributed by atoms with Crippen LogP contribution in [-0.4, -0.2) is 51.8 Å². The molecule has 0 radical (unpaired) electrons. The van der Waals surface area contributed by atoms with Crippen molar-refractivity contribution in [3.05, 3.63) is 98.2 Å². The number of fused-ring (bicyclic) bond motifs is 3. The van der Waals surface area contributed by atoms with Crippen LogP contribution in [0.15, 0.2) is 77.2 Å². The number of aromatic hydroxyl groups is 1. The van der Waals surface area contributed by atoms with Gasteiger partial charge < -0.3 is 19.9 Å². The monoisotopic (exact) mass is 603 g/mol. The van der Waals surface area contributed by atoms with Gasteiger partial charge in [-0.15, -0.1) is 11.3 Å². The van der Waals surface area contributed by atoms with E-state index >= 15 is 0 Å². The van der Waals surface area contributed by atoms with Gasteiger partial charge in [-0.2, -0.15) is 0 Å². The maximum absolute atomic E-state index is 13.7. The number of halogens is 1. The molecule has 42 heavy (non-hydrogen) atoms. The first-order chi connectivity index (χ1) is 20.3. The lowest BCUT2D eigenvalue weighted by atomic mass is 9.58. The number of aliphatic hydroxyl groups excluding tert-OH is 1. The number of phenolic OH excluding ortho intramolecular Hbond substituents is 1. The van der Waals surface area contributed by atoms with Crippen molar-refractivity contribution in [2.45, 2.75) is 38.2 Å². The molecule has 6 rings (SSSR count). The van der Waals surface area contributed by atoms with Gasteiger partial charge in [0.2, 0.25) is 11.8 Å². The molecule has 7 nitrogen and oxygen atoms in total. The van der Waals surface area contributed by atoms with Crippen molar-refractivity contribution >= 4 is 53.5 Å². The van der Waals surface area contributed by atoms with Crippen LogP contribution in [0.4, 0.5) is 0 Å². The molecule has 3 aromatic rings. The Morgan fingerprint density at radius 3 is 2.62 bits per heavy atom. The molecule has 1 aliphatic carbocycles. The number of hydrogen-bond acceptors (Lipinski definition) is 7. The summed E-state index contributed by atoms with van der Waals surface area (Å²) in [4.78, 5) is 29.4. The molecule has 4 atom stereocenters. The van der Waals surface area contributed by atoms with Crippen LogP contribution < -0.4 is 0 Å². The largest absolute Gasteiger partial charge is 0.508 e. The van der Waals surface area contributed by atoms with Gasteiger partial charge in [-0.1, -0.05) is 48.0 Å². The van der Waals surface area contributed by atoms with Crippen molar-refractivity contribution in [3.63, 3.8) is 0 Å². The summed E-state index contributed by atoms with van der Waals surface area (Å²) in [6.45, 7) is 0.00821. The van der Waals surface area contributed by atoms with E-state index in [4.69, 9.17) is 16.3 Å². The zero-order valence-electron chi connectivity index (χ0n) is 22.9. The number of rotatable bonds is 8. The van der Waals surface area contributed by atoms with Crippen molar-refractivity contribution in [2.75, 3.05) is 6.61 Å². The number of carbonyl (C=O) groups is 2. The SMILES string of the molecule is O=C1[C@@H]2[C@@H](CC(CO)=C3[C@@H](CC/C(=C/c4ccc(O)cc4Cl)c4ccccc4)OB(O)C[C@@H]32)C(=O)N1Cc1cccs1. The fourth-order valence-corrected chi connectivity index (χ4v) is 7.67. The Labute approximate surface area is 253 Å². The number of likely N-dealkylation sites (tertiary alicyclic amines) is 1. The first-order valence-electron chi connectivity index (χ1n) is 14.1. The number of phenols is 1. The van der Waals surface area contributed by atoms with Gasteiger partial charge in [-0.25, -0.2) is 0 Å². The van der Waals surface area contributed by atoms with E-state index in [0.717, 1.165) is 32.7 Å². The highest BCUT2D eigenvalue weighted by Crippen LogP contribution is 2.51. The highest BCUT2D eigenvalue weighted by molar-refractivity contribution is 7.09. The number of amides is 2. The predicted octanol–water partition coefficient (Wildman–Crippen LogP) is 5.42. The van der Waals surface area contributed by atoms with Crippen LogP contribution in [-0.2, 0) is 20.8 Å². The summed E-state index contributed by atoms with van der Waals surface area (Å²) in [6.07, 6.45) is 3.00. The van der Waals surface area contributed by atoms with Crippen molar-refractivity contribution in [1.82, 2.24) is 4.90 Å². The average molecular weight is 604 g/mol. The highest BCUT2D eigenvalue weighted by Gasteiger charge is 2.57. The van der Waals surface area contributed by atoms with Crippen LogP contribution in [0.2, 0.25) is 11.3 Å². The van der Waals surface area contributed by atoms with Gasteiger partial charge in [0.05, 0.1) is 36.1 Å². The van der Waals surface area contributed by atoms with E-state index in [0.29, 0.717) is 24.3 Å². The van der Waals surface area contributed by atoms with Gasteiger partial charge in [-0.3, -0.25) is 14.5 Å². The van der Waals surface area contributed by atoms with E-state index in [2.05, 4.69) is 0 Å². The average Bonchev–Trinajstić information content (AvgIpc) is 3.58. The maximum atomic E-state index is 13.7. The van der Waals surface area contributed by atoms with Crippen molar-refractivity contribution in [2.24, 2.45) is 17.8 Å². The molecule has 3 heterocycles. The summed E-state index contributed by atoms with van der Waals surface area (Å²) in [6, 6.07) is 18.5. The summed E-state index contributed by atoms with van der Waals surface area (Å²) in [5.74, 6) is -1.85. The molecular formula is C32H31BClNO6S. The lowest BCUT2D eigenvalue weighted by Gasteiger charge is -2.43. The molecular weight excluding hydrogens is 573 g/mol. The maximum Gasteiger partial charge on any atom is 0.455 e. The zero-order valence-corrected chi connectivity index (χ0v) is 24.4. The minimum absolute atomic E-state index is 0.0852. The Balaban J connectivity index is 1.30. The first kappa shape index (κ1) is 28.9. The Morgan fingerprint density at radius 2 is 1.90 bits per heavy atom. The van der Waals surface area contributed by atoms with E-state index in [1.807, 2.05) is 53.9 Å². The normalized spacial score (nSPS) is 24.3. The summed E-state index contributed by atoms with van der Waals surface area (Å²) < 4.78 is 6.08. The number of thiophene rings is 1. The minimum atomic E-state index is -1.09. The van der Waals surface area contributed by atoms with Crippen molar-refractivity contribution in [1.29, 1.82) is 0 Å². The molecule has 216 valence electrons. The van der Waals surface area contributed by atoms with Gasteiger partial charge in [0.25, 0.3) is 0 Å². The van der Waals surface area contributed by atoms with Gasteiger partial charge in [0.15, 0.2) is 0 Å². The standard InChI is InChI=1S/C32H31BClNO6S/c34-27-15-23(37)10-8-21(27)13-20(19-5-2-1-3-6-19)9-11-28-29-22(18-36)14-25-30(26(29)16-33(40)41-28)32(39)35(31(25)38)17-24-7-4-12-42-24/h1-8,10,12-13,15,25-26,28,30,36-37,40H,9,11,14,16-18H2/b20-13-/t25-,26+,28-,30-/m1/s1. The van der Waals surface area contributed by atoms with E-state index in [9.17, 15) is 24.8 Å². The van der Waals surface area contributed by atoms with Crippen LogP contribution in [0.25, 0.3) is 11.6 Å². The number of imide groups is 1. The molecule has 10 heteroatoms. The fraction of sp³-hybridized carbons (Fsp3) is 0.312. The minimum Gasteiger partial charge on any atom is -0.508 e. The lowest BCUT2D eigenvalue weighted by Crippen LogP contribution is -2.46. The summed E-state index contributed by atoms with van der Waals surface area (Å²) in [5.41, 5.74) is 4.31. The number of carbonyl (C=O) groups excluding carboxylic acids is 2. The van der Waals surface area contributed by atoms with Crippen molar-refractivity contribution in [3.8, 4) is 5.75 Å². The van der Waals surface area contributed by atoms with E-state index in [-0.39, 0.29) is 43.0 Å². The summed E-state index contributed by atoms with van der Waals surface area (Å²) >= 11 is 7.93. The number of allylic oxidation sites excluding steroid dienone is 1. The molecule has 3 aliphatic rings. The number of benzene rings is 2. The molecule has 2 aromatic carbocycles. The Kier molecular flexibility index (Phi) is 8.38. The number of nitrogens with zero attached hydrogens (tertiary/aromatic N) is 1. The Morgan fingerprint density at radius 1 is 1.10 bits per heavy atom. The highest BCUT2D eigenvalue weighted by atomic mass is 35.5. The predicted molar refractivity (Wildman–Crippen MR) is 163 cm³/mol. The summed E-state index contributed by atoms with van der Waals surface area (Å²) in [7, 11) is -1.09. The molecule has 2 amide bonds. The first-order valence-corrected chi connectivity index (χ1v) is 15.4. The van der Waals surface area contributed by atoms with Gasteiger partial charge in [0, 0.05) is 4.88 Å². The molecule has 2 saturated heterocycles. The van der Waals surface area contributed by atoms with Crippen LogP contribution in [0, 0.1) is 17.8 Å². The second-order valence-electron chi connectivity index (χ2n) is 11.1. The third-order valence-electron chi connectivity index (χ3n) is 8.62. The quantitative estimate of drug-likeness (QED) is 0.137. The smallest absolute Gasteiger partial charge is 0.455 e. The van der Waals surface area contributed by atoms with E-state index in [1.54, 1.807) is 12.1 Å². The molecule has 2 aliphatic heterocycles. The fourth-order valence-electron chi connectivity index (χ4n) is 6.75. The topological polar surface area (TPSA) is 107 Å². The van der Waals surface area contributed by atoms with Gasteiger partial charge in [0.1, 0.15) is 5.75 Å². The van der Waals surface area contributed by atoms with Crippen LogP contribution >= 0.6 is 22.9 Å². The second kappa shape index (κ2) is 12.2. The Bertz CT molecular complexity index is 1540. The van der Waals surface area contributed by atoms with Crippen LogP contribution in [0.1, 0.15) is 35.3 Å². The molecule has 0 bridgehead atoms. The van der Waals surface area contributed by atoms with Crippen LogP contribution in [0.5, 0.6) is 5.75 Å². The summed E-state index contributed by atoms with van der Waals surface area (Å²) in [5, 5.41) is 33.4. The molecule has 3 N–H and O–H groups in total. The molecule has 0 unspecified atom stereocenters. The zero-order chi connectivity index (χ0) is 29.4. The van der Waals surface area contributed by atoms with Crippen LogP contribution in [0.3, 0.4) is 0 Å². The molecule has 0 spiro atoms. The number of hydrogen-bond donors (Lipinski definition) is 3. The van der Waals surface area contributed by atoms with Crippen molar-refractivity contribution < 1.29 is 29.5 Å². The third-order valence-corrected chi connectivity index (χ3v) is 9.81. The molecule has 2 fully saturated rings. The van der Waals surface area contributed by atoms with E-state index in [1.165, 1.54) is 22.3 Å². The number of aliphatic hydroxyl groups is 1. The lowest BCUT2D eigenvalue weighted by molar-refractivity contribution is -0.140. The Hall–Kier alpha value is -3.21. The van der Waals surface area contributed by atoms with Gasteiger partial charge >= 0.3 is 7.12 Å². The second-order valence-corrected chi connectivity index (χ2v) is 12.5. The molecule has 1 aromatic heterocycles. The third kappa shape index (κ3) is 5.59. The molecule has 0 saturated carbocycles.